The third-order valence-electron chi connectivity index (χ3n) is 3.76. The third kappa shape index (κ3) is 6.81. The highest BCUT2D eigenvalue weighted by Crippen LogP contribution is 2.10. The lowest BCUT2D eigenvalue weighted by molar-refractivity contribution is -0.115. The quantitative estimate of drug-likeness (QED) is 0.566. The highest BCUT2D eigenvalue weighted by molar-refractivity contribution is 5.95. The number of amides is 4. The molecule has 0 aliphatic rings. The maximum Gasteiger partial charge on any atom is 0.319 e. The van der Waals surface area contributed by atoms with Crippen molar-refractivity contribution in [2.24, 2.45) is 0 Å². The Morgan fingerprint density at radius 2 is 1.33 bits per heavy atom. The molecule has 0 fully saturated rings. The molecule has 2 aromatic rings. The monoisotopic (exact) mass is 368 g/mol. The fraction of sp³-hybridized carbons (Fsp3) is 0.250. The van der Waals surface area contributed by atoms with Gasteiger partial charge in [0.2, 0.25) is 5.91 Å². The number of nitrogens with one attached hydrogen (secondary N) is 4. The summed E-state index contributed by atoms with van der Waals surface area (Å²) >= 11 is 0. The van der Waals surface area contributed by atoms with E-state index >= 15 is 0 Å². The van der Waals surface area contributed by atoms with Crippen LogP contribution >= 0.6 is 0 Å². The van der Waals surface area contributed by atoms with Gasteiger partial charge < -0.3 is 21.3 Å². The van der Waals surface area contributed by atoms with Gasteiger partial charge in [-0.3, -0.25) is 9.59 Å². The predicted octanol–water partition coefficient (Wildman–Crippen LogP) is 2.90. The molecule has 4 amide bonds. The van der Waals surface area contributed by atoms with Crippen LogP contribution in [0.15, 0.2) is 48.5 Å². The first-order valence-electron chi connectivity index (χ1n) is 8.77. The average Bonchev–Trinajstić information content (AvgIpc) is 2.67. The lowest BCUT2D eigenvalue weighted by atomic mass is 10.2. The Morgan fingerprint density at radius 3 is 1.96 bits per heavy atom. The molecule has 2 aromatic carbocycles. The smallest absolute Gasteiger partial charge is 0.319 e. The second-order valence-corrected chi connectivity index (χ2v) is 5.98. The minimum absolute atomic E-state index is 0.0813. The van der Waals surface area contributed by atoms with Gasteiger partial charge in [-0.2, -0.15) is 0 Å². The first kappa shape index (κ1) is 20.0. The number of carbonyl (C=O) groups is 3. The SMILES string of the molecule is CCC(=O)Nc1ccc(C(=O)NCCNC(=O)Nc2ccc(C)cc2)cc1. The highest BCUT2D eigenvalue weighted by atomic mass is 16.2. The molecule has 0 saturated heterocycles. The minimum Gasteiger partial charge on any atom is -0.350 e. The number of anilines is 2. The normalized spacial score (nSPS) is 10.0. The van der Waals surface area contributed by atoms with E-state index in [0.29, 0.717) is 36.4 Å². The van der Waals surface area contributed by atoms with Crippen LogP contribution in [0.5, 0.6) is 0 Å². The molecule has 4 N–H and O–H groups in total. The Kier molecular flexibility index (Phi) is 7.37. The number of aryl methyl sites for hydroxylation is 1. The molecule has 2 rings (SSSR count). The van der Waals surface area contributed by atoms with Crippen molar-refractivity contribution < 1.29 is 14.4 Å². The Labute approximate surface area is 158 Å². The van der Waals surface area contributed by atoms with Crippen molar-refractivity contribution in [1.29, 1.82) is 0 Å². The fourth-order valence-electron chi connectivity index (χ4n) is 2.22. The first-order chi connectivity index (χ1) is 13.0. The van der Waals surface area contributed by atoms with Gasteiger partial charge in [-0.1, -0.05) is 24.6 Å². The van der Waals surface area contributed by atoms with Gasteiger partial charge in [-0.05, 0) is 43.3 Å². The number of hydrogen-bond acceptors (Lipinski definition) is 3. The molecule has 0 aliphatic carbocycles. The topological polar surface area (TPSA) is 99.3 Å². The summed E-state index contributed by atoms with van der Waals surface area (Å²) in [6, 6.07) is 13.8. The van der Waals surface area contributed by atoms with Crippen LogP contribution in [0.4, 0.5) is 16.2 Å². The number of benzene rings is 2. The molecule has 27 heavy (non-hydrogen) atoms. The van der Waals surface area contributed by atoms with Crippen LogP contribution in [-0.2, 0) is 4.79 Å². The second-order valence-electron chi connectivity index (χ2n) is 5.98. The van der Waals surface area contributed by atoms with E-state index in [0.717, 1.165) is 5.56 Å². The van der Waals surface area contributed by atoms with Gasteiger partial charge >= 0.3 is 6.03 Å². The van der Waals surface area contributed by atoms with Crippen molar-refractivity contribution in [2.75, 3.05) is 23.7 Å². The number of carbonyl (C=O) groups excluding carboxylic acids is 3. The lowest BCUT2D eigenvalue weighted by Gasteiger charge is -2.09. The van der Waals surface area contributed by atoms with Crippen molar-refractivity contribution in [2.45, 2.75) is 20.3 Å². The number of urea groups is 1. The van der Waals surface area contributed by atoms with E-state index in [1.807, 2.05) is 31.2 Å². The average molecular weight is 368 g/mol. The summed E-state index contributed by atoms with van der Waals surface area (Å²) in [6.45, 7) is 4.34. The Morgan fingerprint density at radius 1 is 0.778 bits per heavy atom. The summed E-state index contributed by atoms with van der Waals surface area (Å²) in [4.78, 5) is 35.2. The molecular formula is C20H24N4O3. The Balaban J connectivity index is 1.70. The Hall–Kier alpha value is -3.35. The van der Waals surface area contributed by atoms with Crippen molar-refractivity contribution in [1.82, 2.24) is 10.6 Å². The van der Waals surface area contributed by atoms with E-state index in [4.69, 9.17) is 0 Å². The number of rotatable bonds is 7. The molecule has 0 atom stereocenters. The van der Waals surface area contributed by atoms with E-state index in [2.05, 4.69) is 21.3 Å². The van der Waals surface area contributed by atoms with Crippen LogP contribution in [0.3, 0.4) is 0 Å². The van der Waals surface area contributed by atoms with E-state index in [1.165, 1.54) is 0 Å². The van der Waals surface area contributed by atoms with Gasteiger partial charge in [-0.25, -0.2) is 4.79 Å². The molecule has 142 valence electrons. The maximum absolute atomic E-state index is 12.1. The molecule has 7 nitrogen and oxygen atoms in total. The number of hydrogen-bond donors (Lipinski definition) is 4. The van der Waals surface area contributed by atoms with Crippen LogP contribution in [0.25, 0.3) is 0 Å². The van der Waals surface area contributed by atoms with E-state index in [1.54, 1.807) is 31.2 Å². The van der Waals surface area contributed by atoms with Crippen LogP contribution in [0.2, 0.25) is 0 Å². The molecule has 7 heteroatoms. The zero-order valence-electron chi connectivity index (χ0n) is 15.5. The fourth-order valence-corrected chi connectivity index (χ4v) is 2.22. The van der Waals surface area contributed by atoms with Crippen LogP contribution < -0.4 is 21.3 Å². The Bertz CT molecular complexity index is 786. The lowest BCUT2D eigenvalue weighted by Crippen LogP contribution is -2.36. The molecule has 0 aromatic heterocycles. The summed E-state index contributed by atoms with van der Waals surface area (Å²) in [6.07, 6.45) is 0.396. The van der Waals surface area contributed by atoms with Gasteiger partial charge in [0, 0.05) is 36.4 Å². The van der Waals surface area contributed by atoms with Crippen molar-refractivity contribution in [3.8, 4) is 0 Å². The minimum atomic E-state index is -0.330. The highest BCUT2D eigenvalue weighted by Gasteiger charge is 2.06. The van der Waals surface area contributed by atoms with Crippen molar-refractivity contribution >= 4 is 29.2 Å². The molecule has 0 radical (unpaired) electrons. The summed E-state index contributed by atoms with van der Waals surface area (Å²) in [5.41, 5.74) is 2.95. The van der Waals surface area contributed by atoms with Crippen LogP contribution in [-0.4, -0.2) is 30.9 Å². The van der Waals surface area contributed by atoms with Gasteiger partial charge in [0.1, 0.15) is 0 Å². The van der Waals surface area contributed by atoms with E-state index in [-0.39, 0.29) is 17.8 Å². The molecular weight excluding hydrogens is 344 g/mol. The zero-order valence-corrected chi connectivity index (χ0v) is 15.5. The predicted molar refractivity (Wildman–Crippen MR) is 106 cm³/mol. The van der Waals surface area contributed by atoms with Gasteiger partial charge in [0.15, 0.2) is 0 Å². The van der Waals surface area contributed by atoms with Gasteiger partial charge in [0.25, 0.3) is 5.91 Å². The zero-order chi connectivity index (χ0) is 19.6. The molecule has 0 spiro atoms. The first-order valence-corrected chi connectivity index (χ1v) is 8.77. The second kappa shape index (κ2) is 9.96. The summed E-state index contributed by atoms with van der Waals surface area (Å²) in [5, 5.41) is 10.8. The van der Waals surface area contributed by atoms with Crippen molar-refractivity contribution in [3.63, 3.8) is 0 Å². The van der Waals surface area contributed by atoms with Crippen LogP contribution in [0.1, 0.15) is 29.3 Å². The van der Waals surface area contributed by atoms with E-state index in [9.17, 15) is 14.4 Å². The largest absolute Gasteiger partial charge is 0.350 e. The summed E-state index contributed by atoms with van der Waals surface area (Å²) < 4.78 is 0. The standard InChI is InChI=1S/C20H24N4O3/c1-3-18(25)23-16-10-6-15(7-11-16)19(26)21-12-13-22-20(27)24-17-8-4-14(2)5-9-17/h4-11H,3,12-13H2,1-2H3,(H,21,26)(H,23,25)(H2,22,24,27). The van der Waals surface area contributed by atoms with Crippen LogP contribution in [0, 0.1) is 6.92 Å². The molecule has 0 unspecified atom stereocenters. The van der Waals surface area contributed by atoms with Gasteiger partial charge in [0.05, 0.1) is 0 Å². The molecule has 0 aliphatic heterocycles. The maximum atomic E-state index is 12.1. The summed E-state index contributed by atoms with van der Waals surface area (Å²) in [5.74, 6) is -0.327. The van der Waals surface area contributed by atoms with Gasteiger partial charge in [-0.15, -0.1) is 0 Å². The molecule has 0 heterocycles. The molecule has 0 bridgehead atoms. The molecule has 0 saturated carbocycles. The van der Waals surface area contributed by atoms with Crippen molar-refractivity contribution in [3.05, 3.63) is 59.7 Å². The van der Waals surface area contributed by atoms with E-state index < -0.39 is 0 Å². The summed E-state index contributed by atoms with van der Waals surface area (Å²) in [7, 11) is 0. The third-order valence-corrected chi connectivity index (χ3v) is 3.76.